The van der Waals surface area contributed by atoms with Crippen molar-refractivity contribution in [1.82, 2.24) is 4.90 Å². The minimum absolute atomic E-state index is 0.187. The molecule has 4 heteroatoms. The number of nitrogens with two attached hydrogens (primary N) is 1. The van der Waals surface area contributed by atoms with Crippen molar-refractivity contribution >= 4 is 17.7 Å². The summed E-state index contributed by atoms with van der Waals surface area (Å²) >= 11 is 1.98. The number of thioether (sulfide) groups is 1. The summed E-state index contributed by atoms with van der Waals surface area (Å²) in [5, 5.41) is 0.556. The molecule has 110 valence electrons. The van der Waals surface area contributed by atoms with Crippen LogP contribution in [0.25, 0.3) is 0 Å². The number of carbonyl (C=O) groups excluding carboxylic acids is 1. The molecule has 1 fully saturated rings. The highest BCUT2D eigenvalue weighted by Gasteiger charge is 2.26. The normalized spacial score (nSPS) is 21.0. The molecular weight excluding hydrogens is 268 g/mol. The average Bonchev–Trinajstić information content (AvgIpc) is 2.48. The minimum atomic E-state index is -0.198. The van der Waals surface area contributed by atoms with Crippen LogP contribution in [0.15, 0.2) is 30.3 Å². The highest BCUT2D eigenvalue weighted by atomic mass is 32.2. The van der Waals surface area contributed by atoms with Gasteiger partial charge in [-0.25, -0.2) is 0 Å². The molecule has 1 amide bonds. The first kappa shape index (κ1) is 15.4. The fraction of sp³-hybridized carbons (Fsp3) is 0.562. The SMILES string of the molecule is CC(C)C1CN(C(=O)CC(N)c2ccccc2)CCS1. The molecular formula is C16H24N2OS. The lowest BCUT2D eigenvalue weighted by atomic mass is 10.0. The standard InChI is InChI=1S/C16H24N2OS/c1-12(2)15-11-18(8-9-20-15)16(19)10-14(17)13-6-4-3-5-7-13/h3-7,12,14-15H,8-11,17H2,1-2H3. The Kier molecular flexibility index (Phi) is 5.49. The Morgan fingerprint density at radius 3 is 2.75 bits per heavy atom. The van der Waals surface area contributed by atoms with Gasteiger partial charge in [0, 0.05) is 36.6 Å². The van der Waals surface area contributed by atoms with Gasteiger partial charge in [0.25, 0.3) is 0 Å². The van der Waals surface area contributed by atoms with Gasteiger partial charge in [0.05, 0.1) is 0 Å². The summed E-state index contributed by atoms with van der Waals surface area (Å²) in [6.07, 6.45) is 0.402. The lowest BCUT2D eigenvalue weighted by molar-refractivity contribution is -0.131. The zero-order chi connectivity index (χ0) is 14.5. The number of hydrogen-bond donors (Lipinski definition) is 1. The molecule has 0 radical (unpaired) electrons. The molecule has 20 heavy (non-hydrogen) atoms. The van der Waals surface area contributed by atoms with Gasteiger partial charge >= 0.3 is 0 Å². The monoisotopic (exact) mass is 292 g/mol. The molecule has 2 unspecified atom stereocenters. The van der Waals surface area contributed by atoms with Crippen molar-refractivity contribution in [3.05, 3.63) is 35.9 Å². The molecule has 2 rings (SSSR count). The van der Waals surface area contributed by atoms with Crippen LogP contribution in [0.5, 0.6) is 0 Å². The van der Waals surface area contributed by atoms with Crippen molar-refractivity contribution in [3.63, 3.8) is 0 Å². The molecule has 1 saturated heterocycles. The van der Waals surface area contributed by atoms with Gasteiger partial charge in [-0.3, -0.25) is 4.79 Å². The number of carbonyl (C=O) groups is 1. The van der Waals surface area contributed by atoms with Crippen LogP contribution in [0.4, 0.5) is 0 Å². The summed E-state index contributed by atoms with van der Waals surface area (Å²) in [4.78, 5) is 14.4. The van der Waals surface area contributed by atoms with Crippen LogP contribution >= 0.6 is 11.8 Å². The van der Waals surface area contributed by atoms with E-state index in [2.05, 4.69) is 13.8 Å². The molecule has 2 N–H and O–H groups in total. The van der Waals surface area contributed by atoms with Gasteiger partial charge in [-0.1, -0.05) is 44.2 Å². The van der Waals surface area contributed by atoms with Crippen molar-refractivity contribution in [3.8, 4) is 0 Å². The first-order valence-corrected chi connectivity index (χ1v) is 8.32. The molecule has 1 aromatic carbocycles. The fourth-order valence-electron chi connectivity index (χ4n) is 2.44. The van der Waals surface area contributed by atoms with Crippen molar-refractivity contribution in [2.75, 3.05) is 18.8 Å². The van der Waals surface area contributed by atoms with Gasteiger partial charge in [0.2, 0.25) is 5.91 Å². The molecule has 2 atom stereocenters. The van der Waals surface area contributed by atoms with Crippen LogP contribution in [0.2, 0.25) is 0 Å². The third-order valence-corrected chi connectivity index (χ3v) is 5.35. The topological polar surface area (TPSA) is 46.3 Å². The second-order valence-corrected chi connectivity index (χ2v) is 7.06. The van der Waals surface area contributed by atoms with Crippen molar-refractivity contribution in [2.24, 2.45) is 11.7 Å². The Morgan fingerprint density at radius 2 is 2.10 bits per heavy atom. The molecule has 1 aromatic rings. The molecule has 3 nitrogen and oxygen atoms in total. The largest absolute Gasteiger partial charge is 0.341 e. The van der Waals surface area contributed by atoms with Gasteiger partial charge in [0.1, 0.15) is 0 Å². The van der Waals surface area contributed by atoms with Gasteiger partial charge in [-0.05, 0) is 11.5 Å². The van der Waals surface area contributed by atoms with E-state index in [1.54, 1.807) is 0 Å². The summed E-state index contributed by atoms with van der Waals surface area (Å²) < 4.78 is 0. The van der Waals surface area contributed by atoms with E-state index in [0.29, 0.717) is 17.6 Å². The third kappa shape index (κ3) is 4.00. The maximum atomic E-state index is 12.4. The van der Waals surface area contributed by atoms with E-state index >= 15 is 0 Å². The molecule has 0 bridgehead atoms. The molecule has 1 heterocycles. The highest BCUT2D eigenvalue weighted by Crippen LogP contribution is 2.26. The molecule has 0 spiro atoms. The quantitative estimate of drug-likeness (QED) is 0.928. The van der Waals surface area contributed by atoms with Crippen LogP contribution in [-0.4, -0.2) is 34.9 Å². The Balaban J connectivity index is 1.91. The Morgan fingerprint density at radius 1 is 1.40 bits per heavy atom. The Hall–Kier alpha value is -1.00. The summed E-state index contributed by atoms with van der Waals surface area (Å²) in [6, 6.07) is 9.67. The first-order valence-electron chi connectivity index (χ1n) is 7.28. The number of nitrogens with zero attached hydrogens (tertiary/aromatic N) is 1. The van der Waals surface area contributed by atoms with Crippen LogP contribution in [0, 0.1) is 5.92 Å². The second-order valence-electron chi connectivity index (χ2n) is 5.71. The Bertz CT molecular complexity index is 435. The second kappa shape index (κ2) is 7.14. The third-order valence-electron chi connectivity index (χ3n) is 3.81. The summed E-state index contributed by atoms with van der Waals surface area (Å²) in [5.41, 5.74) is 7.18. The molecule has 1 aliphatic heterocycles. The molecule has 0 aromatic heterocycles. The zero-order valence-electron chi connectivity index (χ0n) is 12.3. The summed E-state index contributed by atoms with van der Waals surface area (Å²) in [7, 11) is 0. The van der Waals surface area contributed by atoms with E-state index in [1.807, 2.05) is 47.0 Å². The van der Waals surface area contributed by atoms with E-state index in [-0.39, 0.29) is 11.9 Å². The molecule has 0 aliphatic carbocycles. The zero-order valence-corrected chi connectivity index (χ0v) is 13.1. The van der Waals surface area contributed by atoms with Crippen LogP contribution < -0.4 is 5.73 Å². The maximum Gasteiger partial charge on any atom is 0.224 e. The number of rotatable bonds is 4. The summed E-state index contributed by atoms with van der Waals surface area (Å²) in [5.74, 6) is 1.83. The van der Waals surface area contributed by atoms with Crippen molar-refractivity contribution < 1.29 is 4.79 Å². The van der Waals surface area contributed by atoms with E-state index in [9.17, 15) is 4.79 Å². The molecule has 0 saturated carbocycles. The fourth-order valence-corrected chi connectivity index (χ4v) is 3.74. The predicted molar refractivity (Wildman–Crippen MR) is 85.7 cm³/mol. The van der Waals surface area contributed by atoms with E-state index in [4.69, 9.17) is 5.73 Å². The van der Waals surface area contributed by atoms with Crippen LogP contribution in [0.3, 0.4) is 0 Å². The highest BCUT2D eigenvalue weighted by molar-refractivity contribution is 8.00. The van der Waals surface area contributed by atoms with Crippen LogP contribution in [0.1, 0.15) is 31.9 Å². The predicted octanol–water partition coefficient (Wildman–Crippen LogP) is 2.68. The molecule has 1 aliphatic rings. The number of amides is 1. The van der Waals surface area contributed by atoms with Crippen molar-refractivity contribution in [2.45, 2.75) is 31.6 Å². The number of hydrogen-bond acceptors (Lipinski definition) is 3. The lowest BCUT2D eigenvalue weighted by Crippen LogP contribution is -2.44. The first-order chi connectivity index (χ1) is 9.58. The summed E-state index contributed by atoms with van der Waals surface area (Å²) in [6.45, 7) is 6.17. The maximum absolute atomic E-state index is 12.4. The smallest absolute Gasteiger partial charge is 0.224 e. The average molecular weight is 292 g/mol. The van der Waals surface area contributed by atoms with Crippen molar-refractivity contribution in [1.29, 1.82) is 0 Å². The Labute approximate surface area is 125 Å². The van der Waals surface area contributed by atoms with E-state index in [0.717, 1.165) is 24.4 Å². The van der Waals surface area contributed by atoms with Gasteiger partial charge in [-0.2, -0.15) is 11.8 Å². The van der Waals surface area contributed by atoms with Crippen LogP contribution in [-0.2, 0) is 4.79 Å². The van der Waals surface area contributed by atoms with Gasteiger partial charge in [0.15, 0.2) is 0 Å². The van der Waals surface area contributed by atoms with E-state index < -0.39 is 0 Å². The van der Waals surface area contributed by atoms with E-state index in [1.165, 1.54) is 0 Å². The van der Waals surface area contributed by atoms with Gasteiger partial charge in [-0.15, -0.1) is 0 Å². The minimum Gasteiger partial charge on any atom is -0.341 e. The van der Waals surface area contributed by atoms with Gasteiger partial charge < -0.3 is 10.6 Å². The number of benzene rings is 1. The lowest BCUT2D eigenvalue weighted by Gasteiger charge is -2.35.